The van der Waals surface area contributed by atoms with Crippen molar-refractivity contribution < 1.29 is 23.1 Å². The number of benzene rings is 2. The van der Waals surface area contributed by atoms with Crippen molar-refractivity contribution in [2.45, 2.75) is 18.5 Å². The molecule has 3 aromatic rings. The molecule has 0 saturated carbocycles. The van der Waals surface area contributed by atoms with Crippen molar-refractivity contribution >= 4 is 39.2 Å². The van der Waals surface area contributed by atoms with Gasteiger partial charge in [-0.25, -0.2) is 9.78 Å². The van der Waals surface area contributed by atoms with E-state index in [4.69, 9.17) is 16.7 Å². The summed E-state index contributed by atoms with van der Waals surface area (Å²) in [6, 6.07) is 15.4. The third kappa shape index (κ3) is 5.24. The Labute approximate surface area is 190 Å². The number of sulfonamides is 1. The second kappa shape index (κ2) is 9.80. The first-order chi connectivity index (χ1) is 15.2. The zero-order valence-electron chi connectivity index (χ0n) is 17.0. The molecule has 0 fully saturated rings. The number of carbonyl (C=O) groups is 2. The van der Waals surface area contributed by atoms with Crippen LogP contribution in [0.4, 0.5) is 5.69 Å². The van der Waals surface area contributed by atoms with Crippen molar-refractivity contribution in [1.29, 1.82) is 0 Å². The second-order valence-corrected chi connectivity index (χ2v) is 9.06. The monoisotopic (exact) mass is 473 g/mol. The van der Waals surface area contributed by atoms with E-state index in [1.54, 1.807) is 49.4 Å². The summed E-state index contributed by atoms with van der Waals surface area (Å²) in [6.07, 6.45) is 1.35. The maximum Gasteiger partial charge on any atom is 0.335 e. The van der Waals surface area contributed by atoms with E-state index in [1.807, 2.05) is 0 Å². The molecule has 0 atom stereocenters. The largest absolute Gasteiger partial charge is 0.478 e. The van der Waals surface area contributed by atoms with E-state index in [0.717, 1.165) is 4.31 Å². The molecule has 0 radical (unpaired) electrons. The third-order valence-corrected chi connectivity index (χ3v) is 6.74. The Bertz CT molecular complexity index is 1250. The summed E-state index contributed by atoms with van der Waals surface area (Å²) >= 11 is 6.19. The van der Waals surface area contributed by atoms with Crippen molar-refractivity contribution in [2.24, 2.45) is 0 Å². The number of carboxylic acids is 1. The highest BCUT2D eigenvalue weighted by atomic mass is 35.5. The molecule has 1 aromatic heterocycles. The molecule has 0 aliphatic carbocycles. The molecule has 0 unspecified atom stereocenters. The van der Waals surface area contributed by atoms with Crippen LogP contribution in [0.2, 0.25) is 5.02 Å². The maximum absolute atomic E-state index is 13.3. The Morgan fingerprint density at radius 1 is 1.09 bits per heavy atom. The molecule has 0 spiro atoms. The maximum atomic E-state index is 13.3. The Balaban J connectivity index is 1.87. The zero-order valence-corrected chi connectivity index (χ0v) is 18.6. The molecule has 0 saturated heterocycles. The second-order valence-electron chi connectivity index (χ2n) is 6.85. The average molecular weight is 474 g/mol. The highest BCUT2D eigenvalue weighted by Crippen LogP contribution is 2.30. The first-order valence-corrected chi connectivity index (χ1v) is 11.3. The Morgan fingerprint density at radius 3 is 2.53 bits per heavy atom. The SMILES string of the molecule is Cc1c(Cl)cccc1N(CC(=O)NCc1cccc(C(=O)O)c1)S(=O)(=O)c1ccccn1. The topological polar surface area (TPSA) is 117 Å². The van der Waals surface area contributed by atoms with Gasteiger partial charge >= 0.3 is 5.97 Å². The summed E-state index contributed by atoms with van der Waals surface area (Å²) in [4.78, 5) is 27.8. The number of amides is 1. The lowest BCUT2D eigenvalue weighted by Crippen LogP contribution is -2.41. The van der Waals surface area contributed by atoms with E-state index in [1.165, 1.54) is 24.4 Å². The Kier molecular flexibility index (Phi) is 7.12. The molecular formula is C22H20ClN3O5S. The lowest BCUT2D eigenvalue weighted by Gasteiger charge is -2.25. The summed E-state index contributed by atoms with van der Waals surface area (Å²) in [5.41, 5.74) is 1.41. The summed E-state index contributed by atoms with van der Waals surface area (Å²) < 4.78 is 27.6. The highest BCUT2D eigenvalue weighted by molar-refractivity contribution is 7.92. The van der Waals surface area contributed by atoms with Gasteiger partial charge in [-0.3, -0.25) is 9.10 Å². The van der Waals surface area contributed by atoms with Gasteiger partial charge < -0.3 is 10.4 Å². The number of anilines is 1. The summed E-state index contributed by atoms with van der Waals surface area (Å²) in [5.74, 6) is -1.66. The van der Waals surface area contributed by atoms with Crippen LogP contribution < -0.4 is 9.62 Å². The summed E-state index contributed by atoms with van der Waals surface area (Å²) in [6.45, 7) is 1.18. The van der Waals surface area contributed by atoms with Gasteiger partial charge in [-0.05, 0) is 54.4 Å². The van der Waals surface area contributed by atoms with E-state index >= 15 is 0 Å². The summed E-state index contributed by atoms with van der Waals surface area (Å²) in [5, 5.41) is 11.9. The van der Waals surface area contributed by atoms with Crippen LogP contribution in [0.15, 0.2) is 71.9 Å². The number of carbonyl (C=O) groups excluding carboxylic acids is 1. The van der Waals surface area contributed by atoms with Crippen LogP contribution >= 0.6 is 11.6 Å². The molecule has 32 heavy (non-hydrogen) atoms. The number of hydrogen-bond donors (Lipinski definition) is 2. The average Bonchev–Trinajstić information content (AvgIpc) is 2.79. The van der Waals surface area contributed by atoms with Crippen molar-refractivity contribution in [2.75, 3.05) is 10.8 Å². The quantitative estimate of drug-likeness (QED) is 0.518. The zero-order chi connectivity index (χ0) is 23.3. The number of pyridine rings is 1. The van der Waals surface area contributed by atoms with Crippen LogP contribution in [-0.2, 0) is 21.4 Å². The molecule has 3 rings (SSSR count). The highest BCUT2D eigenvalue weighted by Gasteiger charge is 2.29. The smallest absolute Gasteiger partial charge is 0.335 e. The molecule has 1 amide bonds. The number of nitrogens with one attached hydrogen (secondary N) is 1. The third-order valence-electron chi connectivity index (χ3n) is 4.65. The molecular weight excluding hydrogens is 454 g/mol. The fraction of sp³-hybridized carbons (Fsp3) is 0.136. The standard InChI is InChI=1S/C22H20ClN3O5S/c1-15-18(23)8-5-9-19(15)26(32(30,31)21-10-2-3-11-24-21)14-20(27)25-13-16-6-4-7-17(12-16)22(28)29/h2-12H,13-14H2,1H3,(H,25,27)(H,28,29). The van der Waals surface area contributed by atoms with Gasteiger partial charge in [-0.15, -0.1) is 0 Å². The molecule has 0 aliphatic rings. The number of carboxylic acid groups (broad SMARTS) is 1. The molecule has 2 aromatic carbocycles. The minimum absolute atomic E-state index is 0.0337. The van der Waals surface area contributed by atoms with E-state index in [9.17, 15) is 18.0 Å². The van der Waals surface area contributed by atoms with Gasteiger partial charge in [0.2, 0.25) is 5.91 Å². The molecule has 1 heterocycles. The fourth-order valence-corrected chi connectivity index (χ4v) is 4.56. The number of nitrogens with zero attached hydrogens (tertiary/aromatic N) is 2. The van der Waals surface area contributed by atoms with Gasteiger partial charge in [0.05, 0.1) is 11.3 Å². The number of aromatic nitrogens is 1. The number of hydrogen-bond acceptors (Lipinski definition) is 5. The van der Waals surface area contributed by atoms with Gasteiger partial charge in [0.15, 0.2) is 5.03 Å². The van der Waals surface area contributed by atoms with Crippen LogP contribution in [0, 0.1) is 6.92 Å². The summed E-state index contributed by atoms with van der Waals surface area (Å²) in [7, 11) is -4.16. The Morgan fingerprint density at radius 2 is 1.84 bits per heavy atom. The van der Waals surface area contributed by atoms with Gasteiger partial charge in [-0.1, -0.05) is 35.9 Å². The van der Waals surface area contributed by atoms with Crippen LogP contribution in [0.25, 0.3) is 0 Å². The van der Waals surface area contributed by atoms with Gasteiger partial charge in [-0.2, -0.15) is 8.42 Å². The first kappa shape index (κ1) is 23.2. The van der Waals surface area contributed by atoms with E-state index in [2.05, 4.69) is 10.3 Å². The lowest BCUT2D eigenvalue weighted by molar-refractivity contribution is -0.119. The van der Waals surface area contributed by atoms with Gasteiger partial charge in [0.25, 0.3) is 10.0 Å². The molecule has 166 valence electrons. The number of rotatable bonds is 8. The number of aromatic carboxylic acids is 1. The van der Waals surface area contributed by atoms with Crippen LogP contribution in [0.3, 0.4) is 0 Å². The number of halogens is 1. The van der Waals surface area contributed by atoms with Gasteiger partial charge in [0.1, 0.15) is 6.54 Å². The normalized spacial score (nSPS) is 11.1. The van der Waals surface area contributed by atoms with Crippen molar-refractivity contribution in [3.8, 4) is 0 Å². The van der Waals surface area contributed by atoms with Crippen molar-refractivity contribution in [1.82, 2.24) is 10.3 Å². The predicted molar refractivity (Wildman–Crippen MR) is 120 cm³/mol. The molecule has 8 nitrogen and oxygen atoms in total. The minimum atomic E-state index is -4.16. The Hall–Kier alpha value is -3.43. The van der Waals surface area contributed by atoms with E-state index in [0.29, 0.717) is 16.1 Å². The molecule has 0 aliphatic heterocycles. The molecule has 2 N–H and O–H groups in total. The van der Waals surface area contributed by atoms with Crippen LogP contribution in [0.1, 0.15) is 21.5 Å². The lowest BCUT2D eigenvalue weighted by atomic mass is 10.1. The molecule has 10 heteroatoms. The van der Waals surface area contributed by atoms with Crippen molar-refractivity contribution in [3.05, 3.63) is 88.6 Å². The minimum Gasteiger partial charge on any atom is -0.478 e. The van der Waals surface area contributed by atoms with E-state index in [-0.39, 0.29) is 22.8 Å². The van der Waals surface area contributed by atoms with E-state index < -0.39 is 28.4 Å². The fourth-order valence-electron chi connectivity index (χ4n) is 2.98. The van der Waals surface area contributed by atoms with Crippen molar-refractivity contribution in [3.63, 3.8) is 0 Å². The van der Waals surface area contributed by atoms with Gasteiger partial charge in [0, 0.05) is 17.8 Å². The predicted octanol–water partition coefficient (Wildman–Crippen LogP) is 3.25. The molecule has 0 bridgehead atoms. The first-order valence-electron chi connectivity index (χ1n) is 9.48. The van der Waals surface area contributed by atoms with Crippen LogP contribution in [0.5, 0.6) is 0 Å². The van der Waals surface area contributed by atoms with Crippen LogP contribution in [-0.4, -0.2) is 36.9 Å².